The lowest BCUT2D eigenvalue weighted by Crippen LogP contribution is -3.15. The highest BCUT2D eigenvalue weighted by molar-refractivity contribution is 7.09. The van der Waals surface area contributed by atoms with E-state index >= 15 is 0 Å². The average Bonchev–Trinajstić information content (AvgIpc) is 3.36. The summed E-state index contributed by atoms with van der Waals surface area (Å²) in [6.07, 6.45) is 0. The highest BCUT2D eigenvalue weighted by Gasteiger charge is 2.35. The van der Waals surface area contributed by atoms with Crippen molar-refractivity contribution in [2.75, 3.05) is 31.1 Å². The van der Waals surface area contributed by atoms with Crippen LogP contribution in [0.3, 0.4) is 0 Å². The Morgan fingerprint density at radius 2 is 1.89 bits per heavy atom. The van der Waals surface area contributed by atoms with Gasteiger partial charge in [-0.2, -0.15) is 0 Å². The molecule has 1 aliphatic heterocycles. The third-order valence-corrected chi connectivity index (χ3v) is 6.29. The zero-order valence-corrected chi connectivity index (χ0v) is 17.1. The molecule has 1 atom stereocenters. The van der Waals surface area contributed by atoms with Gasteiger partial charge in [-0.3, -0.25) is 0 Å². The van der Waals surface area contributed by atoms with Gasteiger partial charge >= 0.3 is 0 Å². The number of quaternary nitrogens is 1. The Kier molecular flexibility index (Phi) is 5.68. The van der Waals surface area contributed by atoms with Crippen LogP contribution in [-0.4, -0.2) is 46.4 Å². The Morgan fingerprint density at radius 3 is 2.54 bits per heavy atom. The molecular weight excluding hydrogens is 375 g/mol. The molecule has 0 spiro atoms. The third kappa shape index (κ3) is 4.07. The summed E-state index contributed by atoms with van der Waals surface area (Å²) in [5.74, 6) is 1.21. The largest absolute Gasteiger partial charge is 0.360 e. The van der Waals surface area contributed by atoms with Crippen molar-refractivity contribution in [3.05, 3.63) is 58.3 Å². The van der Waals surface area contributed by atoms with E-state index in [-0.39, 0.29) is 11.9 Å². The molecule has 28 heavy (non-hydrogen) atoms. The second kappa shape index (κ2) is 8.36. The lowest BCUT2D eigenvalue weighted by molar-refractivity contribution is -0.937. The van der Waals surface area contributed by atoms with Crippen molar-refractivity contribution in [2.45, 2.75) is 26.4 Å². The molecule has 1 fully saturated rings. The number of thiophene rings is 1. The second-order valence-electron chi connectivity index (χ2n) is 7.62. The van der Waals surface area contributed by atoms with Gasteiger partial charge in [0, 0.05) is 16.5 Å². The predicted molar refractivity (Wildman–Crippen MR) is 108 cm³/mol. The van der Waals surface area contributed by atoms with Crippen LogP contribution in [0.2, 0.25) is 0 Å². The molecule has 0 unspecified atom stereocenters. The smallest absolute Gasteiger partial charge is 0.209 e. The fourth-order valence-corrected chi connectivity index (χ4v) is 4.75. The van der Waals surface area contributed by atoms with Crippen molar-refractivity contribution in [1.29, 1.82) is 0 Å². The summed E-state index contributed by atoms with van der Waals surface area (Å²) >= 11 is 1.73. The number of aromatic nitrogens is 4. The van der Waals surface area contributed by atoms with Gasteiger partial charge in [0.15, 0.2) is 6.04 Å². The molecule has 6 nitrogen and oxygen atoms in total. The summed E-state index contributed by atoms with van der Waals surface area (Å²) in [4.78, 5) is 5.09. The number of hydrogen-bond acceptors (Lipinski definition) is 5. The van der Waals surface area contributed by atoms with Crippen molar-refractivity contribution in [2.24, 2.45) is 5.92 Å². The van der Waals surface area contributed by atoms with Crippen molar-refractivity contribution < 1.29 is 9.29 Å². The first-order valence-corrected chi connectivity index (χ1v) is 10.6. The summed E-state index contributed by atoms with van der Waals surface area (Å²) in [5.41, 5.74) is 1.09. The Labute approximate surface area is 168 Å². The van der Waals surface area contributed by atoms with Crippen LogP contribution in [0.5, 0.6) is 0 Å². The summed E-state index contributed by atoms with van der Waals surface area (Å²) in [6, 6.07) is 11.2. The molecule has 3 aromatic rings. The fourth-order valence-electron chi connectivity index (χ4n) is 4.06. The van der Waals surface area contributed by atoms with E-state index < -0.39 is 0 Å². The molecule has 3 heterocycles. The number of benzene rings is 1. The lowest BCUT2D eigenvalue weighted by Gasteiger charge is -2.38. The van der Waals surface area contributed by atoms with Gasteiger partial charge in [-0.25, -0.2) is 9.07 Å². The molecule has 0 aliphatic carbocycles. The molecule has 2 aromatic heterocycles. The van der Waals surface area contributed by atoms with E-state index in [2.05, 4.69) is 51.8 Å². The Morgan fingerprint density at radius 1 is 1.14 bits per heavy atom. The third-order valence-electron chi connectivity index (χ3n) is 5.43. The van der Waals surface area contributed by atoms with Gasteiger partial charge in [-0.1, -0.05) is 19.9 Å². The minimum atomic E-state index is -0.189. The summed E-state index contributed by atoms with van der Waals surface area (Å²) in [6.45, 7) is 9.10. The van der Waals surface area contributed by atoms with Crippen LogP contribution in [-0.2, 0) is 6.54 Å². The quantitative estimate of drug-likeness (QED) is 0.687. The van der Waals surface area contributed by atoms with Crippen LogP contribution in [0.25, 0.3) is 0 Å². The molecule has 1 saturated heterocycles. The summed E-state index contributed by atoms with van der Waals surface area (Å²) in [7, 11) is 0. The minimum Gasteiger partial charge on any atom is -0.360 e. The maximum absolute atomic E-state index is 13.2. The number of rotatable bonds is 6. The number of piperazine rings is 1. The molecule has 1 N–H and O–H groups in total. The van der Waals surface area contributed by atoms with E-state index in [0.29, 0.717) is 5.92 Å². The molecule has 0 radical (unpaired) electrons. The highest BCUT2D eigenvalue weighted by atomic mass is 32.1. The zero-order valence-electron chi connectivity index (χ0n) is 16.3. The van der Waals surface area contributed by atoms with Gasteiger partial charge in [-0.15, -0.1) is 16.4 Å². The number of nitrogens with zero attached hydrogens (tertiary/aromatic N) is 5. The SMILES string of the molecule is CC(C)[C@@H](c1nnnn1Cc1cccs1)[NH+]1CCN(c2ccc(F)cc2)CC1. The lowest BCUT2D eigenvalue weighted by atomic mass is 10.0. The van der Waals surface area contributed by atoms with E-state index in [0.717, 1.165) is 44.2 Å². The van der Waals surface area contributed by atoms with Crippen LogP contribution in [0.15, 0.2) is 41.8 Å². The predicted octanol–water partition coefficient (Wildman–Crippen LogP) is 2.02. The molecule has 1 aromatic carbocycles. The van der Waals surface area contributed by atoms with Crippen LogP contribution in [0.1, 0.15) is 30.6 Å². The van der Waals surface area contributed by atoms with Gasteiger partial charge in [0.2, 0.25) is 5.82 Å². The second-order valence-corrected chi connectivity index (χ2v) is 8.65. The van der Waals surface area contributed by atoms with Crippen LogP contribution in [0.4, 0.5) is 10.1 Å². The Balaban J connectivity index is 1.48. The topological polar surface area (TPSA) is 51.3 Å². The van der Waals surface area contributed by atoms with Crippen LogP contribution < -0.4 is 9.80 Å². The normalized spacial score (nSPS) is 16.6. The molecule has 0 amide bonds. The van der Waals surface area contributed by atoms with Crippen molar-refractivity contribution in [3.63, 3.8) is 0 Å². The Bertz CT molecular complexity index is 869. The fraction of sp³-hybridized carbons (Fsp3) is 0.450. The Hall–Kier alpha value is -2.32. The van der Waals surface area contributed by atoms with Crippen molar-refractivity contribution in [1.82, 2.24) is 20.2 Å². The summed E-state index contributed by atoms with van der Waals surface area (Å²) in [5, 5.41) is 14.7. The van der Waals surface area contributed by atoms with E-state index in [4.69, 9.17) is 0 Å². The van der Waals surface area contributed by atoms with E-state index in [1.165, 1.54) is 21.9 Å². The first kappa shape index (κ1) is 19.0. The number of halogens is 1. The number of hydrogen-bond donors (Lipinski definition) is 1. The molecular formula is C20H26FN6S+. The van der Waals surface area contributed by atoms with E-state index in [1.54, 1.807) is 11.3 Å². The molecule has 148 valence electrons. The maximum atomic E-state index is 13.2. The molecule has 1 aliphatic rings. The van der Waals surface area contributed by atoms with E-state index in [1.807, 2.05) is 16.8 Å². The molecule has 0 bridgehead atoms. The number of anilines is 1. The van der Waals surface area contributed by atoms with Crippen molar-refractivity contribution >= 4 is 17.0 Å². The van der Waals surface area contributed by atoms with Gasteiger partial charge in [0.05, 0.1) is 32.7 Å². The van der Waals surface area contributed by atoms with Crippen molar-refractivity contribution in [3.8, 4) is 0 Å². The van der Waals surface area contributed by atoms with Crippen LogP contribution >= 0.6 is 11.3 Å². The number of tetrazole rings is 1. The van der Waals surface area contributed by atoms with E-state index in [9.17, 15) is 4.39 Å². The van der Waals surface area contributed by atoms with Gasteiger partial charge in [0.1, 0.15) is 5.82 Å². The standard InChI is InChI=1S/C20H25FN6S/c1-15(2)19(20-22-23-24-27(20)14-18-4-3-13-28-18)26-11-9-25(10-12-26)17-7-5-16(21)6-8-17/h3-8,13,15,19H,9-12,14H2,1-2H3/p+1/t19-/m0/s1. The van der Waals surface area contributed by atoms with Gasteiger partial charge < -0.3 is 9.80 Å². The summed E-state index contributed by atoms with van der Waals surface area (Å²) < 4.78 is 15.2. The number of nitrogens with one attached hydrogen (secondary N) is 1. The zero-order chi connectivity index (χ0) is 19.5. The monoisotopic (exact) mass is 401 g/mol. The van der Waals surface area contributed by atoms with Crippen LogP contribution in [0, 0.1) is 11.7 Å². The van der Waals surface area contributed by atoms with Gasteiger partial charge in [-0.05, 0) is 46.1 Å². The minimum absolute atomic E-state index is 0.189. The first-order valence-electron chi connectivity index (χ1n) is 9.75. The maximum Gasteiger partial charge on any atom is 0.209 e. The first-order chi connectivity index (χ1) is 13.6. The van der Waals surface area contributed by atoms with Gasteiger partial charge in [0.25, 0.3) is 0 Å². The molecule has 8 heteroatoms. The average molecular weight is 402 g/mol. The molecule has 4 rings (SSSR count). The molecule has 0 saturated carbocycles. The highest BCUT2D eigenvalue weighted by Crippen LogP contribution is 2.20.